The number of aryl methyl sites for hydroxylation is 1. The van der Waals surface area contributed by atoms with Crippen LogP contribution in [0.25, 0.3) is 10.9 Å². The van der Waals surface area contributed by atoms with Crippen molar-refractivity contribution in [1.29, 1.82) is 0 Å². The largest absolute Gasteiger partial charge is 0.346 e. The van der Waals surface area contributed by atoms with E-state index in [1.807, 2.05) is 54.3 Å². The van der Waals surface area contributed by atoms with E-state index in [4.69, 9.17) is 0 Å². The van der Waals surface area contributed by atoms with Gasteiger partial charge in [0.1, 0.15) is 11.2 Å². The Kier molecular flexibility index (Phi) is 3.49. The molecule has 3 aromatic heterocycles. The lowest BCUT2D eigenvalue weighted by Gasteiger charge is -2.04. The summed E-state index contributed by atoms with van der Waals surface area (Å²) in [6.45, 7) is 1.08. The maximum atomic E-state index is 12.6. The standard InChI is InChI=1S/C18H17N5O/c1-21-9-7-15-8-10-22(18(24)17(15)21)12-16-13-23(20-19-16)11-14-5-3-2-4-6-14/h2-10,13H,11-12H2,1H3. The van der Waals surface area contributed by atoms with Gasteiger partial charge in [0.05, 0.1) is 19.3 Å². The molecule has 4 aromatic rings. The normalized spacial score (nSPS) is 11.2. The van der Waals surface area contributed by atoms with Gasteiger partial charge in [-0.1, -0.05) is 35.5 Å². The highest BCUT2D eigenvalue weighted by Crippen LogP contribution is 2.10. The number of hydrogen-bond donors (Lipinski definition) is 0. The molecule has 4 rings (SSSR count). The van der Waals surface area contributed by atoms with Gasteiger partial charge >= 0.3 is 0 Å². The molecule has 6 heteroatoms. The SMILES string of the molecule is Cn1ccc2ccn(Cc3cn(Cc4ccccc4)nn3)c(=O)c21. The van der Waals surface area contributed by atoms with Gasteiger partial charge in [0.2, 0.25) is 0 Å². The van der Waals surface area contributed by atoms with Crippen molar-refractivity contribution in [2.45, 2.75) is 13.1 Å². The Bertz CT molecular complexity index is 1040. The minimum atomic E-state index is -0.0161. The number of hydrogen-bond acceptors (Lipinski definition) is 3. The van der Waals surface area contributed by atoms with Crippen LogP contribution in [-0.4, -0.2) is 24.1 Å². The van der Waals surface area contributed by atoms with Crippen LogP contribution in [0.4, 0.5) is 0 Å². The molecule has 1 aromatic carbocycles. The van der Waals surface area contributed by atoms with Crippen LogP contribution in [0, 0.1) is 0 Å². The van der Waals surface area contributed by atoms with Gasteiger partial charge < -0.3 is 9.13 Å². The molecule has 0 unspecified atom stereocenters. The van der Waals surface area contributed by atoms with E-state index in [9.17, 15) is 4.79 Å². The Morgan fingerprint density at radius 3 is 2.62 bits per heavy atom. The molecule has 0 N–H and O–H groups in total. The second-order valence-corrected chi connectivity index (χ2v) is 5.87. The molecule has 0 radical (unpaired) electrons. The molecule has 0 saturated carbocycles. The average molecular weight is 319 g/mol. The monoisotopic (exact) mass is 319 g/mol. The van der Waals surface area contributed by atoms with Crippen LogP contribution in [-0.2, 0) is 20.1 Å². The molecule has 0 aliphatic rings. The number of pyridine rings is 1. The van der Waals surface area contributed by atoms with E-state index >= 15 is 0 Å². The Labute approximate surface area is 138 Å². The summed E-state index contributed by atoms with van der Waals surface area (Å²) in [4.78, 5) is 12.6. The van der Waals surface area contributed by atoms with E-state index in [2.05, 4.69) is 22.4 Å². The molecule has 0 atom stereocenters. The van der Waals surface area contributed by atoms with Crippen LogP contribution in [0.3, 0.4) is 0 Å². The van der Waals surface area contributed by atoms with Crippen LogP contribution in [0.2, 0.25) is 0 Å². The summed E-state index contributed by atoms with van der Waals surface area (Å²) >= 11 is 0. The zero-order valence-electron chi connectivity index (χ0n) is 13.3. The van der Waals surface area contributed by atoms with E-state index in [1.54, 1.807) is 15.4 Å². The molecule has 0 fully saturated rings. The molecule has 0 bridgehead atoms. The lowest BCUT2D eigenvalue weighted by atomic mass is 10.2. The Morgan fingerprint density at radius 2 is 1.79 bits per heavy atom. The Hall–Kier alpha value is -3.15. The van der Waals surface area contributed by atoms with Gasteiger partial charge in [-0.2, -0.15) is 0 Å². The summed E-state index contributed by atoms with van der Waals surface area (Å²) in [6.07, 6.45) is 5.59. The first kappa shape index (κ1) is 14.4. The molecule has 6 nitrogen and oxygen atoms in total. The summed E-state index contributed by atoms with van der Waals surface area (Å²) in [5.74, 6) is 0. The van der Waals surface area contributed by atoms with Crippen LogP contribution in [0.1, 0.15) is 11.3 Å². The van der Waals surface area contributed by atoms with Crippen molar-refractivity contribution in [2.75, 3.05) is 0 Å². The van der Waals surface area contributed by atoms with Gasteiger partial charge in [-0.05, 0) is 17.7 Å². The fraction of sp³-hybridized carbons (Fsp3) is 0.167. The van der Waals surface area contributed by atoms with E-state index in [0.717, 1.165) is 16.6 Å². The van der Waals surface area contributed by atoms with E-state index in [-0.39, 0.29) is 5.56 Å². The molecule has 24 heavy (non-hydrogen) atoms. The van der Waals surface area contributed by atoms with Crippen molar-refractivity contribution < 1.29 is 0 Å². The Balaban J connectivity index is 1.59. The number of fused-ring (bicyclic) bond motifs is 1. The summed E-state index contributed by atoms with van der Waals surface area (Å²) in [5.41, 5.74) is 2.62. The van der Waals surface area contributed by atoms with Crippen LogP contribution in [0.15, 0.2) is 65.8 Å². The third kappa shape index (κ3) is 2.62. The van der Waals surface area contributed by atoms with Crippen molar-refractivity contribution in [3.8, 4) is 0 Å². The van der Waals surface area contributed by atoms with Crippen molar-refractivity contribution >= 4 is 10.9 Å². The van der Waals surface area contributed by atoms with E-state index < -0.39 is 0 Å². The lowest BCUT2D eigenvalue weighted by Crippen LogP contribution is -2.21. The first-order valence-corrected chi connectivity index (χ1v) is 7.78. The minimum absolute atomic E-state index is 0.0161. The Morgan fingerprint density at radius 1 is 1.00 bits per heavy atom. The lowest BCUT2D eigenvalue weighted by molar-refractivity contribution is 0.648. The first-order valence-electron chi connectivity index (χ1n) is 7.78. The van der Waals surface area contributed by atoms with Gasteiger partial charge in [0, 0.05) is 24.8 Å². The molecule has 0 aliphatic heterocycles. The second-order valence-electron chi connectivity index (χ2n) is 5.87. The maximum Gasteiger partial charge on any atom is 0.275 e. The molecule has 0 amide bonds. The third-order valence-corrected chi connectivity index (χ3v) is 4.11. The zero-order valence-corrected chi connectivity index (χ0v) is 13.3. The van der Waals surface area contributed by atoms with Crippen LogP contribution in [0.5, 0.6) is 0 Å². The fourth-order valence-electron chi connectivity index (χ4n) is 2.89. The van der Waals surface area contributed by atoms with E-state index in [1.165, 1.54) is 0 Å². The summed E-state index contributed by atoms with van der Waals surface area (Å²) in [7, 11) is 1.88. The smallest absolute Gasteiger partial charge is 0.275 e. The molecular formula is C18H17N5O. The van der Waals surface area contributed by atoms with Gasteiger partial charge in [-0.15, -0.1) is 5.10 Å². The van der Waals surface area contributed by atoms with Gasteiger partial charge in [0.15, 0.2) is 0 Å². The van der Waals surface area contributed by atoms with Crippen LogP contribution < -0.4 is 5.56 Å². The van der Waals surface area contributed by atoms with Crippen molar-refractivity contribution in [2.24, 2.45) is 7.05 Å². The summed E-state index contributed by atoms with van der Waals surface area (Å²) in [5, 5.41) is 9.29. The number of rotatable bonds is 4. The molecule has 0 saturated heterocycles. The molecular weight excluding hydrogens is 302 g/mol. The number of aromatic nitrogens is 5. The van der Waals surface area contributed by atoms with Crippen LogP contribution >= 0.6 is 0 Å². The second kappa shape index (κ2) is 5.81. The predicted molar refractivity (Wildman–Crippen MR) is 91.8 cm³/mol. The zero-order chi connectivity index (χ0) is 16.5. The molecule has 0 aliphatic carbocycles. The first-order chi connectivity index (χ1) is 11.7. The van der Waals surface area contributed by atoms with Crippen molar-refractivity contribution in [3.05, 3.63) is 82.7 Å². The quantitative estimate of drug-likeness (QED) is 0.578. The molecule has 3 heterocycles. The summed E-state index contributed by atoms with van der Waals surface area (Å²) < 4.78 is 5.30. The summed E-state index contributed by atoms with van der Waals surface area (Å²) in [6, 6.07) is 14.0. The highest BCUT2D eigenvalue weighted by atomic mass is 16.1. The fourth-order valence-corrected chi connectivity index (χ4v) is 2.89. The average Bonchev–Trinajstić information content (AvgIpc) is 3.18. The predicted octanol–water partition coefficient (Wildman–Crippen LogP) is 2.03. The molecule has 120 valence electrons. The molecule has 0 spiro atoms. The topological polar surface area (TPSA) is 57.6 Å². The highest BCUT2D eigenvalue weighted by molar-refractivity contribution is 5.78. The highest BCUT2D eigenvalue weighted by Gasteiger charge is 2.08. The third-order valence-electron chi connectivity index (χ3n) is 4.11. The van der Waals surface area contributed by atoms with Crippen molar-refractivity contribution in [3.63, 3.8) is 0 Å². The van der Waals surface area contributed by atoms with E-state index in [0.29, 0.717) is 18.6 Å². The maximum absolute atomic E-state index is 12.6. The van der Waals surface area contributed by atoms with Crippen molar-refractivity contribution in [1.82, 2.24) is 24.1 Å². The number of benzene rings is 1. The van der Waals surface area contributed by atoms with Gasteiger partial charge in [-0.25, -0.2) is 4.68 Å². The van der Waals surface area contributed by atoms with Gasteiger partial charge in [-0.3, -0.25) is 4.79 Å². The van der Waals surface area contributed by atoms with Gasteiger partial charge in [0.25, 0.3) is 5.56 Å². The minimum Gasteiger partial charge on any atom is -0.346 e. The number of nitrogens with zero attached hydrogens (tertiary/aromatic N) is 5.